The van der Waals surface area contributed by atoms with Crippen molar-refractivity contribution in [2.75, 3.05) is 4.90 Å². The maximum atomic E-state index is 15.2. The van der Waals surface area contributed by atoms with E-state index in [9.17, 15) is 28.9 Å². The van der Waals surface area contributed by atoms with Gasteiger partial charge in [-0.15, -0.1) is 4.91 Å². The zero-order valence-corrected chi connectivity index (χ0v) is 28.7. The van der Waals surface area contributed by atoms with E-state index in [1.165, 1.54) is 29.3 Å². The van der Waals surface area contributed by atoms with E-state index in [-0.39, 0.29) is 47.7 Å². The Morgan fingerprint density at radius 1 is 1.31 bits per heavy atom. The van der Waals surface area contributed by atoms with Crippen LogP contribution in [0, 0.1) is 16.2 Å². The van der Waals surface area contributed by atoms with Gasteiger partial charge in [0.1, 0.15) is 23.7 Å². The van der Waals surface area contributed by atoms with Crippen LogP contribution in [0.3, 0.4) is 0 Å². The first kappa shape index (κ1) is 33.3. The molecule has 2 heterocycles. The van der Waals surface area contributed by atoms with Gasteiger partial charge < -0.3 is 10.2 Å². The fraction of sp³-hybridized carbons (Fsp3) is 0.367. The summed E-state index contributed by atoms with van der Waals surface area (Å²) in [5.74, 6) is -2.92. The summed E-state index contributed by atoms with van der Waals surface area (Å²) >= 11 is 10.2. The number of allylic oxidation sites excluding steroid dienone is 2. The van der Waals surface area contributed by atoms with E-state index in [0.717, 1.165) is 4.90 Å². The first-order valence-corrected chi connectivity index (χ1v) is 16.3. The van der Waals surface area contributed by atoms with Crippen molar-refractivity contribution in [3.05, 3.63) is 85.2 Å². The zero-order chi connectivity index (χ0) is 32.7. The average molecular weight is 861 g/mol. The maximum absolute atomic E-state index is 15.2. The Hall–Kier alpha value is -3.04. The Kier molecular flexibility index (Phi) is 9.62. The molecule has 3 amide bonds. The molecule has 1 aromatic carbocycles. The normalized spacial score (nSPS) is 28.2. The zero-order valence-electron chi connectivity index (χ0n) is 23.6. The number of halogens is 5. The molecule has 15 heteroatoms. The summed E-state index contributed by atoms with van der Waals surface area (Å²) in [6, 6.07) is 6.17. The van der Waals surface area contributed by atoms with Gasteiger partial charge in [-0.3, -0.25) is 19.3 Å². The molecule has 2 aromatic rings. The number of nitrogens with one attached hydrogen (secondary N) is 1. The van der Waals surface area contributed by atoms with Crippen molar-refractivity contribution in [2.45, 2.75) is 66.0 Å². The maximum Gasteiger partial charge on any atom is 0.257 e. The van der Waals surface area contributed by atoms with Crippen LogP contribution in [0.4, 0.5) is 14.6 Å². The highest BCUT2D eigenvalue weighted by atomic mass is 127. The van der Waals surface area contributed by atoms with Crippen LogP contribution in [-0.2, 0) is 14.4 Å². The van der Waals surface area contributed by atoms with Crippen LogP contribution >= 0.6 is 56.8 Å². The molecule has 1 aliphatic heterocycles. The Bertz CT molecular complexity index is 1680. The molecule has 5 rings (SSSR count). The molecule has 1 saturated heterocycles. The Labute approximate surface area is 289 Å². The number of hydrogen-bond donors (Lipinski definition) is 1. The minimum Gasteiger partial charge on any atom is -0.351 e. The predicted molar refractivity (Wildman–Crippen MR) is 179 cm³/mol. The Morgan fingerprint density at radius 3 is 2.64 bits per heavy atom. The topological polar surface area (TPSA) is 136 Å². The number of benzene rings is 1. The monoisotopic (exact) mass is 860 g/mol. The molecule has 0 spiro atoms. The van der Waals surface area contributed by atoms with Gasteiger partial charge in [-0.05, 0) is 82.5 Å². The number of nitroso groups, excluding NO2 is 1. The summed E-state index contributed by atoms with van der Waals surface area (Å²) in [5, 5.41) is 15.3. The number of nitriles is 1. The molecule has 2 aliphatic carbocycles. The summed E-state index contributed by atoms with van der Waals surface area (Å²) in [7, 11) is 0. The number of carbonyl (C=O) groups is 3. The smallest absolute Gasteiger partial charge is 0.257 e. The molecule has 4 atom stereocenters. The van der Waals surface area contributed by atoms with Crippen LogP contribution in [0.25, 0.3) is 0 Å². The highest BCUT2D eigenvalue weighted by Crippen LogP contribution is 2.45. The molecule has 0 bridgehead atoms. The fourth-order valence-corrected chi connectivity index (χ4v) is 8.29. The number of pyridine rings is 1. The van der Waals surface area contributed by atoms with Crippen molar-refractivity contribution in [2.24, 2.45) is 5.18 Å². The minimum absolute atomic E-state index is 0.0490. The molecule has 10 nitrogen and oxygen atoms in total. The molecule has 1 N–H and O–H groups in total. The molecule has 2 fully saturated rings. The summed E-state index contributed by atoms with van der Waals surface area (Å²) in [6.07, 6.45) is 3.65. The standard InChI is InChI=1S/C30H25ClF2I2N6O4/c1-29(11-17(32)9-18(34)12-29)41(25(20-4-2-3-5-21(20)31)26(42)38-19-13-30(33,35)14-19)28(44)23-10-22(39-45)27(43)40(23)24-8-16(15-36)6-7-37-24/h2-9,12,19,22-23,25H,10-11,13-14H2,1H3,(H,38,42)/t19?,22-,23+,25-,29?,30?/m1/s1. The Balaban J connectivity index is 1.67. The van der Waals surface area contributed by atoms with E-state index in [0.29, 0.717) is 3.58 Å². The third-order valence-corrected chi connectivity index (χ3v) is 9.86. The lowest BCUT2D eigenvalue weighted by atomic mass is 9.85. The highest BCUT2D eigenvalue weighted by Gasteiger charge is 2.53. The minimum atomic E-state index is -1.49. The molecule has 3 aliphatic rings. The second kappa shape index (κ2) is 13.0. The van der Waals surface area contributed by atoms with E-state index in [1.54, 1.807) is 59.9 Å². The fourth-order valence-electron chi connectivity index (χ4n) is 5.98. The third-order valence-electron chi connectivity index (χ3n) is 8.02. The molecule has 1 unspecified atom stereocenters. The van der Waals surface area contributed by atoms with Gasteiger partial charge >= 0.3 is 0 Å². The van der Waals surface area contributed by atoms with Crippen LogP contribution in [0.2, 0.25) is 5.02 Å². The molecule has 234 valence electrons. The first-order chi connectivity index (χ1) is 21.3. The largest absolute Gasteiger partial charge is 0.351 e. The lowest BCUT2D eigenvalue weighted by molar-refractivity contribution is -0.148. The van der Waals surface area contributed by atoms with Gasteiger partial charge in [0, 0.05) is 52.1 Å². The van der Waals surface area contributed by atoms with Gasteiger partial charge in [0.15, 0.2) is 9.72 Å². The molecule has 1 aromatic heterocycles. The van der Waals surface area contributed by atoms with E-state index >= 15 is 4.39 Å². The first-order valence-electron chi connectivity index (χ1n) is 13.8. The number of amides is 3. The summed E-state index contributed by atoms with van der Waals surface area (Å²) in [4.78, 5) is 60.7. The van der Waals surface area contributed by atoms with Crippen molar-refractivity contribution in [1.29, 1.82) is 5.26 Å². The van der Waals surface area contributed by atoms with Gasteiger partial charge in [-0.2, -0.15) is 5.26 Å². The van der Waals surface area contributed by atoms with Crippen LogP contribution in [-0.4, -0.2) is 54.9 Å². The van der Waals surface area contributed by atoms with Crippen molar-refractivity contribution in [1.82, 2.24) is 15.2 Å². The summed E-state index contributed by atoms with van der Waals surface area (Å²) < 4.78 is 28.5. The van der Waals surface area contributed by atoms with Crippen LogP contribution in [0.15, 0.2) is 69.3 Å². The number of alkyl halides is 2. The molecular weight excluding hydrogens is 836 g/mol. The third kappa shape index (κ3) is 6.75. The second-order valence-electron chi connectivity index (χ2n) is 11.4. The van der Waals surface area contributed by atoms with Gasteiger partial charge in [-0.1, -0.05) is 35.0 Å². The average Bonchev–Trinajstić information content (AvgIpc) is 3.30. The molecular formula is C30H25ClF2I2N6O4. The number of hydrogen-bond acceptors (Lipinski definition) is 7. The number of anilines is 1. The van der Waals surface area contributed by atoms with Crippen LogP contribution < -0.4 is 10.2 Å². The van der Waals surface area contributed by atoms with E-state index < -0.39 is 56.9 Å². The summed E-state index contributed by atoms with van der Waals surface area (Å²) in [5.41, 5.74) is -1.12. The predicted octanol–water partition coefficient (Wildman–Crippen LogP) is 6.13. The summed E-state index contributed by atoms with van der Waals surface area (Å²) in [6.45, 7) is 1.58. The number of nitrogens with zero attached hydrogens (tertiary/aromatic N) is 5. The van der Waals surface area contributed by atoms with Crippen LogP contribution in [0.5, 0.6) is 0 Å². The van der Waals surface area contributed by atoms with E-state index in [4.69, 9.17) is 11.6 Å². The SMILES string of the molecule is CC1(N(C(=O)[C@@H]2C[C@@H](N=O)C(=O)N2c2cc(C#N)ccn2)[C@@H](C(=O)NC2CC(F)(I)C2)c2ccccc2Cl)C=C(I)C=C(F)C1. The molecule has 1 saturated carbocycles. The van der Waals surface area contributed by atoms with Gasteiger partial charge in [0.05, 0.1) is 17.2 Å². The number of rotatable bonds is 8. The molecule has 0 radical (unpaired) electrons. The van der Waals surface area contributed by atoms with Crippen LogP contribution in [0.1, 0.15) is 49.8 Å². The van der Waals surface area contributed by atoms with Crippen molar-refractivity contribution >= 4 is 80.3 Å². The van der Waals surface area contributed by atoms with Crippen molar-refractivity contribution in [3.8, 4) is 6.07 Å². The van der Waals surface area contributed by atoms with E-state index in [2.05, 4.69) is 15.5 Å². The van der Waals surface area contributed by atoms with Gasteiger partial charge in [0.25, 0.3) is 5.91 Å². The van der Waals surface area contributed by atoms with Crippen molar-refractivity contribution < 1.29 is 23.2 Å². The van der Waals surface area contributed by atoms with Crippen molar-refractivity contribution in [3.63, 3.8) is 0 Å². The number of aromatic nitrogens is 1. The number of carbonyl (C=O) groups excluding carboxylic acids is 3. The lowest BCUT2D eigenvalue weighted by Gasteiger charge is -2.47. The quantitative estimate of drug-likeness (QED) is 0.193. The molecule has 45 heavy (non-hydrogen) atoms. The van der Waals surface area contributed by atoms with Gasteiger partial charge in [-0.25, -0.2) is 13.8 Å². The second-order valence-corrected chi connectivity index (χ2v) is 14.9. The van der Waals surface area contributed by atoms with E-state index in [1.807, 2.05) is 28.7 Å². The Morgan fingerprint density at radius 2 is 2.02 bits per heavy atom. The highest BCUT2D eigenvalue weighted by molar-refractivity contribution is 14.1. The lowest BCUT2D eigenvalue weighted by Crippen LogP contribution is -2.61. The van der Waals surface area contributed by atoms with Gasteiger partial charge in [0.2, 0.25) is 11.8 Å².